The second-order valence-corrected chi connectivity index (χ2v) is 6.99. The number of aromatic nitrogens is 2. The summed E-state index contributed by atoms with van der Waals surface area (Å²) < 4.78 is 2.92. The highest BCUT2D eigenvalue weighted by Gasteiger charge is 2.23. The van der Waals surface area contributed by atoms with Gasteiger partial charge in [-0.2, -0.15) is 5.10 Å². The number of amides is 1. The smallest absolute Gasteiger partial charge is 0.228 e. The highest BCUT2D eigenvalue weighted by molar-refractivity contribution is 9.10. The molecule has 0 aromatic carbocycles. The number of carbonyl (C=O) groups is 1. The molecule has 1 aliphatic rings. The topological polar surface area (TPSA) is 46.9 Å². The van der Waals surface area contributed by atoms with Gasteiger partial charge in [0.1, 0.15) is 5.82 Å². The average molecular weight is 354 g/mol. The fourth-order valence-corrected chi connectivity index (χ4v) is 4.00. The van der Waals surface area contributed by atoms with Crippen LogP contribution >= 0.6 is 27.3 Å². The number of anilines is 1. The first kappa shape index (κ1) is 13.8. The van der Waals surface area contributed by atoms with Gasteiger partial charge in [-0.25, -0.2) is 4.68 Å². The molecule has 0 radical (unpaired) electrons. The van der Waals surface area contributed by atoms with Crippen LogP contribution in [-0.4, -0.2) is 15.7 Å². The zero-order chi connectivity index (χ0) is 13.9. The van der Waals surface area contributed by atoms with E-state index in [1.54, 1.807) is 17.5 Å². The van der Waals surface area contributed by atoms with E-state index in [1.807, 2.05) is 10.7 Å². The Bertz CT molecular complexity index is 601. The lowest BCUT2D eigenvalue weighted by Gasteiger charge is -2.11. The van der Waals surface area contributed by atoms with E-state index in [4.69, 9.17) is 0 Å². The van der Waals surface area contributed by atoms with Crippen LogP contribution in [0.5, 0.6) is 0 Å². The van der Waals surface area contributed by atoms with E-state index >= 15 is 0 Å². The molecule has 106 valence electrons. The van der Waals surface area contributed by atoms with Crippen LogP contribution in [0.25, 0.3) is 0 Å². The van der Waals surface area contributed by atoms with Crippen molar-refractivity contribution >= 4 is 39.0 Å². The maximum Gasteiger partial charge on any atom is 0.228 e. The number of thiophene rings is 1. The largest absolute Gasteiger partial charge is 0.311 e. The molecule has 6 heteroatoms. The van der Waals surface area contributed by atoms with Gasteiger partial charge in [0, 0.05) is 26.7 Å². The molecule has 2 aromatic rings. The van der Waals surface area contributed by atoms with Crippen molar-refractivity contribution in [2.75, 3.05) is 5.32 Å². The van der Waals surface area contributed by atoms with E-state index in [0.29, 0.717) is 6.54 Å². The monoisotopic (exact) mass is 353 g/mol. The van der Waals surface area contributed by atoms with Gasteiger partial charge in [0.2, 0.25) is 5.91 Å². The summed E-state index contributed by atoms with van der Waals surface area (Å²) >= 11 is 5.13. The molecule has 0 saturated heterocycles. The Kier molecular flexibility index (Phi) is 4.21. The van der Waals surface area contributed by atoms with E-state index in [2.05, 4.69) is 37.8 Å². The van der Waals surface area contributed by atoms with Crippen LogP contribution in [-0.2, 0) is 11.3 Å². The zero-order valence-corrected chi connectivity index (χ0v) is 13.4. The number of carbonyl (C=O) groups excluding carboxylic acids is 1. The molecule has 0 spiro atoms. The first-order valence-electron chi connectivity index (χ1n) is 6.78. The molecule has 0 atom stereocenters. The number of nitrogens with zero attached hydrogens (tertiary/aromatic N) is 2. The van der Waals surface area contributed by atoms with Crippen molar-refractivity contribution < 1.29 is 4.79 Å². The second kappa shape index (κ2) is 6.10. The minimum absolute atomic E-state index is 0.136. The van der Waals surface area contributed by atoms with Crippen molar-refractivity contribution in [2.45, 2.75) is 32.2 Å². The van der Waals surface area contributed by atoms with Gasteiger partial charge in [-0.15, -0.1) is 11.3 Å². The Balaban J connectivity index is 1.68. The molecule has 2 aromatic heterocycles. The van der Waals surface area contributed by atoms with Gasteiger partial charge in [0.15, 0.2) is 0 Å². The average Bonchev–Trinajstić information content (AvgIpc) is 3.13. The molecule has 0 bridgehead atoms. The number of halogens is 1. The minimum atomic E-state index is 0.136. The molecule has 4 nitrogen and oxygen atoms in total. The van der Waals surface area contributed by atoms with Gasteiger partial charge >= 0.3 is 0 Å². The Labute approximate surface area is 130 Å². The Morgan fingerprint density at radius 1 is 1.50 bits per heavy atom. The normalized spacial score (nSPS) is 15.7. The molecule has 1 fully saturated rings. The van der Waals surface area contributed by atoms with E-state index in [0.717, 1.165) is 23.1 Å². The van der Waals surface area contributed by atoms with Crippen molar-refractivity contribution in [3.05, 3.63) is 33.1 Å². The predicted molar refractivity (Wildman–Crippen MR) is 83.9 cm³/mol. The Morgan fingerprint density at radius 2 is 2.30 bits per heavy atom. The molecular formula is C14H16BrN3OS. The molecule has 20 heavy (non-hydrogen) atoms. The van der Waals surface area contributed by atoms with Crippen molar-refractivity contribution in [1.29, 1.82) is 0 Å². The van der Waals surface area contributed by atoms with E-state index in [9.17, 15) is 4.79 Å². The summed E-state index contributed by atoms with van der Waals surface area (Å²) in [6.07, 6.45) is 6.09. The zero-order valence-electron chi connectivity index (χ0n) is 11.0. The third-order valence-corrected chi connectivity index (χ3v) is 5.30. The fraction of sp³-hybridized carbons (Fsp3) is 0.429. The van der Waals surface area contributed by atoms with E-state index in [1.165, 1.54) is 17.7 Å². The Hall–Kier alpha value is -1.14. The van der Waals surface area contributed by atoms with Crippen LogP contribution in [0, 0.1) is 5.92 Å². The maximum atomic E-state index is 12.2. The fourth-order valence-electron chi connectivity index (χ4n) is 2.57. The van der Waals surface area contributed by atoms with Crippen LogP contribution in [0.2, 0.25) is 0 Å². The van der Waals surface area contributed by atoms with E-state index < -0.39 is 0 Å². The van der Waals surface area contributed by atoms with Gasteiger partial charge < -0.3 is 5.32 Å². The van der Waals surface area contributed by atoms with Crippen LogP contribution in [0.4, 0.5) is 5.82 Å². The van der Waals surface area contributed by atoms with Crippen molar-refractivity contribution in [2.24, 2.45) is 5.92 Å². The SMILES string of the molecule is O=C(Nc1ccnn1Cc1cc(Br)cs1)C1CCCC1. The van der Waals surface area contributed by atoms with Gasteiger partial charge in [-0.3, -0.25) is 4.79 Å². The summed E-state index contributed by atoms with van der Waals surface area (Å²) in [5, 5.41) is 9.36. The summed E-state index contributed by atoms with van der Waals surface area (Å²) in [5.41, 5.74) is 0. The number of hydrogen-bond acceptors (Lipinski definition) is 3. The molecule has 0 unspecified atom stereocenters. The summed E-state index contributed by atoms with van der Waals surface area (Å²) in [6.45, 7) is 0.684. The lowest BCUT2D eigenvalue weighted by molar-refractivity contribution is -0.119. The van der Waals surface area contributed by atoms with Gasteiger partial charge in [-0.1, -0.05) is 12.8 Å². The minimum Gasteiger partial charge on any atom is -0.311 e. The van der Waals surface area contributed by atoms with Crippen LogP contribution in [0.15, 0.2) is 28.2 Å². The third-order valence-electron chi connectivity index (χ3n) is 3.62. The summed E-state index contributed by atoms with van der Waals surface area (Å²) in [5.74, 6) is 1.09. The van der Waals surface area contributed by atoms with Gasteiger partial charge in [0.05, 0.1) is 12.7 Å². The summed E-state index contributed by atoms with van der Waals surface area (Å²) in [6, 6.07) is 3.93. The number of rotatable bonds is 4. The molecule has 1 amide bonds. The quantitative estimate of drug-likeness (QED) is 0.906. The molecule has 0 aliphatic heterocycles. The first-order chi connectivity index (χ1) is 9.72. The summed E-state index contributed by atoms with van der Waals surface area (Å²) in [4.78, 5) is 13.4. The molecule has 1 N–H and O–H groups in total. The lowest BCUT2D eigenvalue weighted by Crippen LogP contribution is -2.22. The van der Waals surface area contributed by atoms with Crippen LogP contribution in [0.3, 0.4) is 0 Å². The number of hydrogen-bond donors (Lipinski definition) is 1. The Morgan fingerprint density at radius 3 is 3.00 bits per heavy atom. The van der Waals surface area contributed by atoms with Crippen molar-refractivity contribution in [3.63, 3.8) is 0 Å². The summed E-state index contributed by atoms with van der Waals surface area (Å²) in [7, 11) is 0. The molecular weight excluding hydrogens is 338 g/mol. The second-order valence-electron chi connectivity index (χ2n) is 5.08. The standard InChI is InChI=1S/C14H16BrN3OS/c15-11-7-12(20-9-11)8-18-13(5-6-16-18)17-14(19)10-3-1-2-4-10/h5-7,9-10H,1-4,8H2,(H,17,19). The molecule has 1 saturated carbocycles. The lowest BCUT2D eigenvalue weighted by atomic mass is 10.1. The third kappa shape index (κ3) is 3.12. The molecule has 3 rings (SSSR count). The highest BCUT2D eigenvalue weighted by atomic mass is 79.9. The predicted octanol–water partition coefficient (Wildman–Crippen LogP) is 3.88. The van der Waals surface area contributed by atoms with Crippen molar-refractivity contribution in [3.8, 4) is 0 Å². The molecule has 1 aliphatic carbocycles. The van der Waals surface area contributed by atoms with Crippen molar-refractivity contribution in [1.82, 2.24) is 9.78 Å². The highest BCUT2D eigenvalue weighted by Crippen LogP contribution is 2.26. The molecule has 2 heterocycles. The maximum absolute atomic E-state index is 12.2. The first-order valence-corrected chi connectivity index (χ1v) is 8.45. The van der Waals surface area contributed by atoms with Gasteiger partial charge in [0.25, 0.3) is 0 Å². The van der Waals surface area contributed by atoms with E-state index in [-0.39, 0.29) is 11.8 Å². The van der Waals surface area contributed by atoms with Crippen LogP contribution < -0.4 is 5.32 Å². The van der Waals surface area contributed by atoms with Gasteiger partial charge in [-0.05, 0) is 34.8 Å². The van der Waals surface area contributed by atoms with Crippen LogP contribution in [0.1, 0.15) is 30.6 Å². The number of nitrogens with one attached hydrogen (secondary N) is 1.